The molecule has 0 aliphatic heterocycles. The fourth-order valence-electron chi connectivity index (χ4n) is 2.52. The fraction of sp³-hybridized carbons (Fsp3) is 0.250. The van der Waals surface area contributed by atoms with Crippen LogP contribution in [0.25, 0.3) is 0 Å². The monoisotopic (exact) mass is 402 g/mol. The first-order chi connectivity index (χ1) is 13.3. The van der Waals surface area contributed by atoms with E-state index < -0.39 is 29.3 Å². The van der Waals surface area contributed by atoms with E-state index in [1.165, 1.54) is 12.3 Å². The van der Waals surface area contributed by atoms with Gasteiger partial charge in [-0.05, 0) is 37.1 Å². The lowest BCUT2D eigenvalue weighted by molar-refractivity contribution is -0.126. The maximum absolute atomic E-state index is 12.1. The number of carbonyl (C=O) groups excluding carboxylic acids is 3. The number of esters is 1. The molecule has 7 nitrogen and oxygen atoms in total. The molecular weight excluding hydrogens is 380 g/mol. The van der Waals surface area contributed by atoms with Crippen LogP contribution in [0.5, 0.6) is 0 Å². The summed E-state index contributed by atoms with van der Waals surface area (Å²) in [7, 11) is -1.36. The van der Waals surface area contributed by atoms with Crippen LogP contribution in [-0.4, -0.2) is 41.4 Å². The minimum atomic E-state index is -1.36. The Hall–Kier alpha value is -3.00. The summed E-state index contributed by atoms with van der Waals surface area (Å²) >= 11 is 0. The number of anilines is 1. The van der Waals surface area contributed by atoms with Gasteiger partial charge >= 0.3 is 5.97 Å². The summed E-state index contributed by atoms with van der Waals surface area (Å²) in [4.78, 5) is 36.3. The minimum absolute atomic E-state index is 0.143. The summed E-state index contributed by atoms with van der Waals surface area (Å²) in [6, 6.07) is 12.0. The van der Waals surface area contributed by atoms with Gasteiger partial charge in [0.1, 0.15) is 0 Å². The second-order valence-corrected chi connectivity index (χ2v) is 7.47. The average molecular weight is 402 g/mol. The minimum Gasteiger partial charge on any atom is -0.452 e. The number of hydrogen-bond acceptors (Lipinski definition) is 5. The van der Waals surface area contributed by atoms with E-state index in [1.54, 1.807) is 18.2 Å². The van der Waals surface area contributed by atoms with Gasteiger partial charge in [-0.25, -0.2) is 4.79 Å². The van der Waals surface area contributed by atoms with Crippen LogP contribution in [0.15, 0.2) is 47.4 Å². The lowest BCUT2D eigenvalue weighted by atomic mass is 10.1. The van der Waals surface area contributed by atoms with Gasteiger partial charge in [-0.3, -0.25) is 13.8 Å². The number of benzene rings is 2. The SMILES string of the molecule is Cc1cccc(C)c1NC(=O)CNC(=O)COC(=O)c1ccccc1[S@](C)=O. The number of hydrogen-bond donors (Lipinski definition) is 2. The Bertz CT molecular complexity index is 906. The predicted molar refractivity (Wildman–Crippen MR) is 107 cm³/mol. The molecule has 28 heavy (non-hydrogen) atoms. The average Bonchev–Trinajstić information content (AvgIpc) is 2.67. The van der Waals surface area contributed by atoms with Crippen molar-refractivity contribution in [1.82, 2.24) is 5.32 Å². The lowest BCUT2D eigenvalue weighted by Crippen LogP contribution is -2.35. The topological polar surface area (TPSA) is 102 Å². The van der Waals surface area contributed by atoms with Crippen molar-refractivity contribution >= 4 is 34.3 Å². The van der Waals surface area contributed by atoms with E-state index in [0.717, 1.165) is 11.1 Å². The van der Waals surface area contributed by atoms with Gasteiger partial charge in [-0.15, -0.1) is 0 Å². The van der Waals surface area contributed by atoms with Gasteiger partial charge in [0, 0.05) is 11.9 Å². The summed E-state index contributed by atoms with van der Waals surface area (Å²) in [5.41, 5.74) is 2.68. The molecule has 2 amide bonds. The highest BCUT2D eigenvalue weighted by Crippen LogP contribution is 2.19. The van der Waals surface area contributed by atoms with E-state index in [9.17, 15) is 18.6 Å². The van der Waals surface area contributed by atoms with Gasteiger partial charge in [0.05, 0.1) is 27.8 Å². The third-order valence-electron chi connectivity index (χ3n) is 3.94. The molecule has 0 saturated carbocycles. The van der Waals surface area contributed by atoms with Crippen LogP contribution in [0.2, 0.25) is 0 Å². The van der Waals surface area contributed by atoms with Gasteiger partial charge < -0.3 is 15.4 Å². The summed E-state index contributed by atoms with van der Waals surface area (Å²) in [5.74, 6) is -1.75. The Morgan fingerprint density at radius 3 is 2.25 bits per heavy atom. The van der Waals surface area contributed by atoms with Crippen molar-refractivity contribution in [3.8, 4) is 0 Å². The normalized spacial score (nSPS) is 11.4. The first-order valence-corrected chi connectivity index (χ1v) is 10.1. The van der Waals surface area contributed by atoms with Crippen molar-refractivity contribution in [3.63, 3.8) is 0 Å². The summed E-state index contributed by atoms with van der Waals surface area (Å²) in [6.07, 6.45) is 1.45. The highest BCUT2D eigenvalue weighted by molar-refractivity contribution is 7.84. The number of rotatable bonds is 7. The zero-order chi connectivity index (χ0) is 20.7. The predicted octanol–water partition coefficient (Wildman–Crippen LogP) is 1.95. The molecular formula is C20H22N2O5S. The van der Waals surface area contributed by atoms with E-state index >= 15 is 0 Å². The summed E-state index contributed by atoms with van der Waals surface area (Å²) in [6.45, 7) is 2.96. The van der Waals surface area contributed by atoms with Gasteiger partial charge in [0.25, 0.3) is 5.91 Å². The van der Waals surface area contributed by atoms with Crippen molar-refractivity contribution in [2.75, 3.05) is 24.7 Å². The van der Waals surface area contributed by atoms with E-state index in [4.69, 9.17) is 4.74 Å². The zero-order valence-corrected chi connectivity index (χ0v) is 16.7. The molecule has 0 aliphatic rings. The van der Waals surface area contributed by atoms with Crippen LogP contribution < -0.4 is 10.6 Å². The summed E-state index contributed by atoms with van der Waals surface area (Å²) < 4.78 is 16.6. The molecule has 1 atom stereocenters. The molecule has 0 aliphatic carbocycles. The molecule has 2 aromatic rings. The highest BCUT2D eigenvalue weighted by Gasteiger charge is 2.16. The van der Waals surface area contributed by atoms with Crippen LogP contribution in [0.3, 0.4) is 0 Å². The first kappa shape index (κ1) is 21.3. The van der Waals surface area contributed by atoms with Gasteiger partial charge in [-0.2, -0.15) is 0 Å². The van der Waals surface area contributed by atoms with Crippen molar-refractivity contribution in [2.24, 2.45) is 0 Å². The van der Waals surface area contributed by atoms with Gasteiger partial charge in [-0.1, -0.05) is 30.3 Å². The van der Waals surface area contributed by atoms with E-state index in [-0.39, 0.29) is 18.0 Å². The Morgan fingerprint density at radius 2 is 1.61 bits per heavy atom. The number of para-hydroxylation sites is 1. The van der Waals surface area contributed by atoms with E-state index in [1.807, 2.05) is 32.0 Å². The molecule has 2 rings (SSSR count). The van der Waals surface area contributed by atoms with Crippen molar-refractivity contribution in [3.05, 3.63) is 59.2 Å². The number of ether oxygens (including phenoxy) is 1. The van der Waals surface area contributed by atoms with Crippen molar-refractivity contribution in [1.29, 1.82) is 0 Å². The maximum Gasteiger partial charge on any atom is 0.339 e. The van der Waals surface area contributed by atoms with E-state index in [2.05, 4.69) is 10.6 Å². The molecule has 2 N–H and O–H groups in total. The number of aryl methyl sites for hydroxylation is 2. The Balaban J connectivity index is 1.84. The second-order valence-electron chi connectivity index (χ2n) is 6.12. The molecule has 0 bridgehead atoms. The largest absolute Gasteiger partial charge is 0.452 e. The smallest absolute Gasteiger partial charge is 0.339 e. The molecule has 0 aromatic heterocycles. The molecule has 0 radical (unpaired) electrons. The highest BCUT2D eigenvalue weighted by atomic mass is 32.2. The van der Waals surface area contributed by atoms with Crippen LogP contribution in [0.4, 0.5) is 5.69 Å². The standard InChI is InChI=1S/C20H22N2O5S/c1-13-7-6-8-14(2)19(13)22-17(23)11-21-18(24)12-27-20(25)15-9-4-5-10-16(15)28(3)26/h4-10H,11-12H2,1-3H3,(H,21,24)(H,22,23)/t28-/m0/s1. The Morgan fingerprint density at radius 1 is 0.964 bits per heavy atom. The molecule has 8 heteroatoms. The van der Waals surface area contributed by atoms with Crippen LogP contribution in [0, 0.1) is 13.8 Å². The van der Waals surface area contributed by atoms with Gasteiger partial charge in [0.15, 0.2) is 6.61 Å². The van der Waals surface area contributed by atoms with Crippen molar-refractivity contribution in [2.45, 2.75) is 18.7 Å². The zero-order valence-electron chi connectivity index (χ0n) is 15.9. The lowest BCUT2D eigenvalue weighted by Gasteiger charge is -2.12. The fourth-order valence-corrected chi connectivity index (χ4v) is 3.25. The second kappa shape index (κ2) is 9.80. The Labute approximate surface area is 165 Å². The van der Waals surface area contributed by atoms with E-state index in [0.29, 0.717) is 10.6 Å². The molecule has 2 aromatic carbocycles. The van der Waals surface area contributed by atoms with Crippen molar-refractivity contribution < 1.29 is 23.3 Å². The quantitative estimate of drug-likeness (QED) is 0.690. The number of carbonyl (C=O) groups is 3. The molecule has 0 fully saturated rings. The third kappa shape index (κ3) is 5.75. The summed E-state index contributed by atoms with van der Waals surface area (Å²) in [5, 5.41) is 5.15. The van der Waals surface area contributed by atoms with Crippen LogP contribution >= 0.6 is 0 Å². The van der Waals surface area contributed by atoms with Crippen LogP contribution in [0.1, 0.15) is 21.5 Å². The number of amides is 2. The molecule has 148 valence electrons. The van der Waals surface area contributed by atoms with Gasteiger partial charge in [0.2, 0.25) is 5.91 Å². The molecule has 0 spiro atoms. The molecule has 0 unspecified atom stereocenters. The molecule has 0 heterocycles. The number of nitrogens with one attached hydrogen (secondary N) is 2. The molecule has 0 saturated heterocycles. The Kier molecular flexibility index (Phi) is 7.45. The third-order valence-corrected chi connectivity index (χ3v) is 4.92. The first-order valence-electron chi connectivity index (χ1n) is 8.52. The van der Waals surface area contributed by atoms with Crippen LogP contribution in [-0.2, 0) is 25.1 Å². The maximum atomic E-state index is 12.1.